The molecule has 4 atom stereocenters. The molecule has 3 N–H and O–H groups in total. The quantitative estimate of drug-likeness (QED) is 0.564. The van der Waals surface area contributed by atoms with E-state index in [1.54, 1.807) is 0 Å². The molecule has 1 aliphatic heterocycles. The van der Waals surface area contributed by atoms with Gasteiger partial charge in [0.1, 0.15) is 24.9 Å². The number of aliphatic hydroxyl groups excluding tert-OH is 2. The monoisotopic (exact) mass is 314 g/mol. The lowest BCUT2D eigenvalue weighted by Gasteiger charge is -2.16. The Morgan fingerprint density at radius 3 is 2.77 bits per heavy atom. The van der Waals surface area contributed by atoms with Gasteiger partial charge in [0.25, 0.3) is 5.56 Å². The number of aliphatic hydroxyl groups is 2. The third-order valence-electron chi connectivity index (χ3n) is 3.33. The Morgan fingerprint density at radius 2 is 2.14 bits per heavy atom. The summed E-state index contributed by atoms with van der Waals surface area (Å²) in [6.45, 7) is 1.59. The number of esters is 1. The molecule has 9 heteroatoms. The smallest absolute Gasteiger partial charge is 0.330 e. The van der Waals surface area contributed by atoms with Gasteiger partial charge in [-0.05, 0) is 6.42 Å². The summed E-state index contributed by atoms with van der Waals surface area (Å²) in [4.78, 5) is 36.1. The first-order chi connectivity index (χ1) is 10.4. The summed E-state index contributed by atoms with van der Waals surface area (Å²) in [7, 11) is 0. The molecule has 1 aliphatic rings. The van der Waals surface area contributed by atoms with Gasteiger partial charge < -0.3 is 19.7 Å². The second-order valence-corrected chi connectivity index (χ2v) is 5.00. The van der Waals surface area contributed by atoms with Crippen LogP contribution in [0.2, 0.25) is 0 Å². The minimum atomic E-state index is -1.39. The van der Waals surface area contributed by atoms with E-state index in [9.17, 15) is 24.6 Å². The highest BCUT2D eigenvalue weighted by Gasteiger charge is 2.44. The summed E-state index contributed by atoms with van der Waals surface area (Å²) in [5.41, 5.74) is -1.35. The number of rotatable bonds is 5. The lowest BCUT2D eigenvalue weighted by atomic mass is 10.1. The highest BCUT2D eigenvalue weighted by atomic mass is 16.6. The van der Waals surface area contributed by atoms with E-state index in [0.29, 0.717) is 6.42 Å². The molecule has 1 saturated heterocycles. The minimum absolute atomic E-state index is 0.230. The van der Waals surface area contributed by atoms with Gasteiger partial charge in [-0.25, -0.2) is 4.79 Å². The predicted octanol–water partition coefficient (Wildman–Crippen LogP) is -1.50. The molecule has 1 aromatic heterocycles. The third kappa shape index (κ3) is 3.43. The van der Waals surface area contributed by atoms with Crippen LogP contribution in [0.3, 0.4) is 0 Å². The van der Waals surface area contributed by atoms with Crippen LogP contribution in [0.15, 0.2) is 21.9 Å². The molecular formula is C13H18N2O7. The fourth-order valence-corrected chi connectivity index (χ4v) is 2.18. The first-order valence-electron chi connectivity index (χ1n) is 6.92. The molecule has 2 rings (SSSR count). The molecule has 122 valence electrons. The van der Waals surface area contributed by atoms with E-state index in [2.05, 4.69) is 0 Å². The van der Waals surface area contributed by atoms with Gasteiger partial charge in [0, 0.05) is 18.7 Å². The molecule has 0 amide bonds. The topological polar surface area (TPSA) is 131 Å². The summed E-state index contributed by atoms with van der Waals surface area (Å²) in [5.74, 6) is -0.433. The number of nitrogens with zero attached hydrogens (tertiary/aromatic N) is 1. The first kappa shape index (κ1) is 16.4. The van der Waals surface area contributed by atoms with Gasteiger partial charge in [0.05, 0.1) is 0 Å². The van der Waals surface area contributed by atoms with Gasteiger partial charge >= 0.3 is 11.7 Å². The number of hydrogen-bond donors (Lipinski definition) is 3. The number of H-pyrrole nitrogens is 1. The Bertz CT molecular complexity index is 638. The van der Waals surface area contributed by atoms with Crippen LogP contribution < -0.4 is 11.2 Å². The lowest BCUT2D eigenvalue weighted by molar-refractivity contribution is -0.150. The van der Waals surface area contributed by atoms with E-state index in [1.807, 2.05) is 11.9 Å². The molecule has 1 fully saturated rings. The molecule has 22 heavy (non-hydrogen) atoms. The van der Waals surface area contributed by atoms with E-state index in [1.165, 1.54) is 0 Å². The van der Waals surface area contributed by atoms with Crippen LogP contribution in [0.1, 0.15) is 26.0 Å². The maximum Gasteiger partial charge on any atom is 0.330 e. The Kier molecular flexibility index (Phi) is 5.11. The van der Waals surface area contributed by atoms with Crippen molar-refractivity contribution in [2.24, 2.45) is 0 Å². The zero-order chi connectivity index (χ0) is 16.3. The van der Waals surface area contributed by atoms with Gasteiger partial charge in [-0.2, -0.15) is 0 Å². The summed E-state index contributed by atoms with van der Waals surface area (Å²) < 4.78 is 11.3. The first-order valence-corrected chi connectivity index (χ1v) is 6.92. The van der Waals surface area contributed by atoms with Crippen LogP contribution in [-0.4, -0.2) is 50.7 Å². The average molecular weight is 314 g/mol. The third-order valence-corrected chi connectivity index (χ3v) is 3.33. The lowest BCUT2D eigenvalue weighted by Crippen LogP contribution is -2.37. The van der Waals surface area contributed by atoms with Crippen LogP contribution in [0, 0.1) is 0 Å². The molecule has 0 saturated carbocycles. The fraction of sp³-hybridized carbons (Fsp3) is 0.615. The second-order valence-electron chi connectivity index (χ2n) is 5.00. The molecule has 0 unspecified atom stereocenters. The average Bonchev–Trinajstić information content (AvgIpc) is 2.74. The van der Waals surface area contributed by atoms with Crippen molar-refractivity contribution in [3.05, 3.63) is 33.1 Å². The number of aromatic nitrogens is 2. The molecule has 0 aromatic carbocycles. The summed E-state index contributed by atoms with van der Waals surface area (Å²) in [5, 5.41) is 19.9. The molecule has 9 nitrogen and oxygen atoms in total. The van der Waals surface area contributed by atoms with Gasteiger partial charge in [-0.1, -0.05) is 6.92 Å². The Labute approximate surface area is 125 Å². The van der Waals surface area contributed by atoms with Gasteiger partial charge in [-0.15, -0.1) is 0 Å². The number of nitrogens with one attached hydrogen (secondary N) is 1. The number of carbonyl (C=O) groups excluding carboxylic acids is 1. The van der Waals surface area contributed by atoms with E-state index in [-0.39, 0.29) is 13.0 Å². The standard InChI is InChI=1S/C13H18N2O7/c1-2-3-9(17)21-6-7-10(18)11(19)12(22-7)15-5-4-8(16)14-13(15)20/h4-5,7,10-12,18-19H,2-3,6H2,1H3,(H,14,16,20)/t7-,10-,11-,12-/m1/s1. The normalized spacial score (nSPS) is 27.8. The number of hydrogen-bond acceptors (Lipinski definition) is 7. The second kappa shape index (κ2) is 6.86. The maximum atomic E-state index is 11.7. The predicted molar refractivity (Wildman–Crippen MR) is 73.1 cm³/mol. The van der Waals surface area contributed by atoms with E-state index >= 15 is 0 Å². The van der Waals surface area contributed by atoms with Gasteiger partial charge in [0.15, 0.2) is 6.23 Å². The van der Waals surface area contributed by atoms with Crippen molar-refractivity contribution < 1.29 is 24.5 Å². The maximum absolute atomic E-state index is 11.7. The molecular weight excluding hydrogens is 296 g/mol. The van der Waals surface area contributed by atoms with Crippen molar-refractivity contribution in [3.63, 3.8) is 0 Å². The fourth-order valence-electron chi connectivity index (χ4n) is 2.18. The molecule has 0 spiro atoms. The van der Waals surface area contributed by atoms with E-state index < -0.39 is 41.8 Å². The van der Waals surface area contributed by atoms with Crippen LogP contribution >= 0.6 is 0 Å². The highest BCUT2D eigenvalue weighted by molar-refractivity contribution is 5.69. The van der Waals surface area contributed by atoms with Crippen molar-refractivity contribution in [3.8, 4) is 0 Å². The van der Waals surface area contributed by atoms with Gasteiger partial charge in [0.2, 0.25) is 0 Å². The van der Waals surface area contributed by atoms with Gasteiger partial charge in [-0.3, -0.25) is 19.1 Å². The molecule has 0 aliphatic carbocycles. The van der Waals surface area contributed by atoms with Crippen molar-refractivity contribution in [1.29, 1.82) is 0 Å². The van der Waals surface area contributed by atoms with Crippen LogP contribution in [0.4, 0.5) is 0 Å². The Morgan fingerprint density at radius 1 is 1.41 bits per heavy atom. The highest BCUT2D eigenvalue weighted by Crippen LogP contribution is 2.28. The number of ether oxygens (including phenoxy) is 2. The summed E-state index contributed by atoms with van der Waals surface area (Å²) in [6.07, 6.45) is -2.81. The van der Waals surface area contributed by atoms with Crippen molar-refractivity contribution >= 4 is 5.97 Å². The zero-order valence-corrected chi connectivity index (χ0v) is 12.0. The molecule has 0 radical (unpaired) electrons. The summed E-state index contributed by atoms with van der Waals surface area (Å²) in [6, 6.07) is 1.10. The molecule has 0 bridgehead atoms. The number of aromatic amines is 1. The minimum Gasteiger partial charge on any atom is -0.463 e. The van der Waals surface area contributed by atoms with Crippen LogP contribution in [0.5, 0.6) is 0 Å². The van der Waals surface area contributed by atoms with Crippen molar-refractivity contribution in [2.75, 3.05) is 6.61 Å². The Hall–Kier alpha value is -1.97. The van der Waals surface area contributed by atoms with E-state index in [0.717, 1.165) is 16.8 Å². The van der Waals surface area contributed by atoms with Crippen molar-refractivity contribution in [1.82, 2.24) is 9.55 Å². The largest absolute Gasteiger partial charge is 0.463 e. The molecule has 1 aromatic rings. The van der Waals surface area contributed by atoms with Crippen LogP contribution in [-0.2, 0) is 14.3 Å². The Balaban J connectivity index is 2.08. The SMILES string of the molecule is CCCC(=O)OC[C@H]1O[C@@H](n2ccc(=O)[nH]c2=O)[C@H](O)[C@@H]1O. The van der Waals surface area contributed by atoms with Crippen LogP contribution in [0.25, 0.3) is 0 Å². The molecule has 2 heterocycles. The number of carbonyl (C=O) groups is 1. The summed E-state index contributed by atoms with van der Waals surface area (Å²) >= 11 is 0. The van der Waals surface area contributed by atoms with Crippen molar-refractivity contribution in [2.45, 2.75) is 44.3 Å². The van der Waals surface area contributed by atoms with E-state index in [4.69, 9.17) is 9.47 Å². The zero-order valence-electron chi connectivity index (χ0n) is 12.0.